The van der Waals surface area contributed by atoms with Gasteiger partial charge in [-0.1, -0.05) is 91.0 Å². The highest BCUT2D eigenvalue weighted by Gasteiger charge is 2.55. The van der Waals surface area contributed by atoms with Crippen molar-refractivity contribution in [3.05, 3.63) is 275 Å². The number of pyridine rings is 2. The van der Waals surface area contributed by atoms with Crippen LogP contribution in [0.15, 0.2) is 231 Å². The van der Waals surface area contributed by atoms with E-state index in [1.165, 1.54) is 0 Å². The molecule has 7 heterocycles. The van der Waals surface area contributed by atoms with Crippen molar-refractivity contribution in [2.45, 2.75) is 5.41 Å². The fourth-order valence-electron chi connectivity index (χ4n) is 14.3. The van der Waals surface area contributed by atoms with Gasteiger partial charge in [0.2, 0.25) is 0 Å². The van der Waals surface area contributed by atoms with Crippen LogP contribution in [0.25, 0.3) is 93.9 Å². The smallest absolute Gasteiger partial charge is 0.156 e. The topological polar surface area (TPSA) is 157 Å². The van der Waals surface area contributed by atoms with Gasteiger partial charge in [-0.05, 0) is 121 Å². The van der Waals surface area contributed by atoms with Crippen LogP contribution in [0, 0.1) is 45.3 Å². The van der Waals surface area contributed by atoms with E-state index in [1.807, 2.05) is 140 Å². The Balaban J connectivity index is 1.00. The summed E-state index contributed by atoms with van der Waals surface area (Å²) in [6, 6.07) is 82.4. The summed E-state index contributed by atoms with van der Waals surface area (Å²) in [5.41, 5.74) is 15.8. The molecule has 1 spiro atoms. The third kappa shape index (κ3) is 6.39. The summed E-state index contributed by atoms with van der Waals surface area (Å²) in [7, 11) is 0. The lowest BCUT2D eigenvalue weighted by atomic mass is 9.66. The van der Waals surface area contributed by atoms with Crippen molar-refractivity contribution in [2.24, 2.45) is 0 Å². The molecule has 10 aromatic carbocycles. The molecule has 15 aromatic rings. The first kappa shape index (κ1) is 47.9. The highest BCUT2D eigenvalue weighted by molar-refractivity contribution is 6.12. The van der Waals surface area contributed by atoms with Crippen molar-refractivity contribution in [2.75, 3.05) is 4.90 Å². The Morgan fingerprint density at radius 3 is 1.28 bits per heavy atom. The van der Waals surface area contributed by atoms with Gasteiger partial charge in [-0.3, -0.25) is 14.9 Å². The Kier molecular flexibility index (Phi) is 9.70. The van der Waals surface area contributed by atoms with Crippen LogP contribution in [0.5, 0.6) is 23.0 Å². The fraction of sp³-hybridized carbons (Fsp3) is 0.0133. The first-order valence-corrected chi connectivity index (χ1v) is 28.3. The zero-order valence-corrected chi connectivity index (χ0v) is 45.7. The number of anilines is 3. The molecule has 0 saturated heterocycles. The van der Waals surface area contributed by atoms with Crippen LogP contribution in [-0.2, 0) is 5.41 Å². The first-order chi connectivity index (χ1) is 42.9. The van der Waals surface area contributed by atoms with Gasteiger partial charge in [0.05, 0.1) is 143 Å². The Morgan fingerprint density at radius 2 is 0.736 bits per heavy atom. The molecule has 0 saturated carbocycles. The standard InChI is InChI=1S/C75H38N10O2/c76-37-43-23-27-62-52(31-43)49-11-1-4-16-59(49)82(62)47-35-57-71(80-41-47)72-58(36-48(42-81-72)83-60-17-5-2-12-50(60)53-32-44(38-77)24-28-63(53)83)75(57)55-14-9-20-67(84-61-18-6-3-13-51(61)54-33-45(39-78)25-29-64(54)84)73(55)87-74-56(75)15-10-21-68(74)85-65-19-7-8-22-69(65)86-70-34-46(40-79)26-30-66(70)85/h1-36,41-42H. The number of ether oxygens (including phenoxy) is 2. The number of rotatable bonds is 4. The average Bonchev–Trinajstić information content (AvgIpc) is 1.59. The first-order valence-electron chi connectivity index (χ1n) is 28.3. The molecule has 0 unspecified atom stereocenters. The second-order valence-corrected chi connectivity index (χ2v) is 22.1. The summed E-state index contributed by atoms with van der Waals surface area (Å²) in [5.74, 6) is 2.27. The molecule has 18 rings (SSSR count). The van der Waals surface area contributed by atoms with Gasteiger partial charge >= 0.3 is 0 Å². The van der Waals surface area contributed by atoms with E-state index in [2.05, 4.69) is 128 Å². The third-order valence-electron chi connectivity index (χ3n) is 17.8. The SMILES string of the molecule is N#Cc1ccc2c(c1)Oc1ccccc1N2c1cccc2c1Oc1c(-n3c4ccccc4c4cc(C#N)ccc43)cccc1C21c2cc(-n3c4ccccc4c4cc(C#N)ccc43)cnc2-c2ncc(-n3c4ccccc4c4cc(C#N)ccc43)cc21. The van der Waals surface area contributed by atoms with Gasteiger partial charge in [0.1, 0.15) is 0 Å². The maximum absolute atomic E-state index is 10.3. The molecule has 0 fully saturated rings. The molecule has 5 aromatic heterocycles. The van der Waals surface area contributed by atoms with E-state index in [9.17, 15) is 21.0 Å². The third-order valence-corrected chi connectivity index (χ3v) is 17.8. The normalized spacial score (nSPS) is 13.0. The van der Waals surface area contributed by atoms with Crippen molar-refractivity contribution in [1.29, 1.82) is 21.0 Å². The van der Waals surface area contributed by atoms with Crippen molar-refractivity contribution < 1.29 is 9.47 Å². The molecule has 0 radical (unpaired) electrons. The van der Waals surface area contributed by atoms with E-state index in [0.717, 1.165) is 110 Å². The van der Waals surface area contributed by atoms with Crippen LogP contribution in [0.4, 0.5) is 17.1 Å². The van der Waals surface area contributed by atoms with Crippen molar-refractivity contribution >= 4 is 82.5 Å². The molecule has 0 amide bonds. The van der Waals surface area contributed by atoms with Crippen LogP contribution < -0.4 is 14.4 Å². The number of nitriles is 4. The largest absolute Gasteiger partial charge is 0.453 e. The Morgan fingerprint density at radius 1 is 0.322 bits per heavy atom. The summed E-state index contributed by atoms with van der Waals surface area (Å²) in [6.45, 7) is 0. The Bertz CT molecular complexity index is 5640. The lowest BCUT2D eigenvalue weighted by Gasteiger charge is -2.42. The number of hydrogen-bond acceptors (Lipinski definition) is 9. The van der Waals surface area contributed by atoms with Gasteiger partial charge in [-0.25, -0.2) is 0 Å². The molecule has 1 aliphatic carbocycles. The Hall–Kier alpha value is -12.7. The van der Waals surface area contributed by atoms with Crippen molar-refractivity contribution in [3.8, 4) is 75.7 Å². The minimum Gasteiger partial charge on any atom is -0.453 e. The van der Waals surface area contributed by atoms with Crippen LogP contribution in [0.1, 0.15) is 44.5 Å². The second kappa shape index (κ2) is 17.6. The molecular weight excluding hydrogens is 1070 g/mol. The van der Waals surface area contributed by atoms with Crippen molar-refractivity contribution in [1.82, 2.24) is 23.7 Å². The number of fused-ring (bicyclic) bond motifs is 20. The molecule has 400 valence electrons. The molecule has 87 heavy (non-hydrogen) atoms. The minimum atomic E-state index is -1.25. The zero-order chi connectivity index (χ0) is 57.8. The number of para-hydroxylation sites is 7. The number of nitrogens with zero attached hydrogens (tertiary/aromatic N) is 10. The second-order valence-electron chi connectivity index (χ2n) is 22.1. The van der Waals surface area contributed by atoms with Crippen LogP contribution in [-0.4, -0.2) is 23.7 Å². The molecule has 3 aliphatic rings. The number of hydrogen-bond donors (Lipinski definition) is 0. The predicted molar refractivity (Wildman–Crippen MR) is 336 cm³/mol. The molecular formula is C75H38N10O2. The molecule has 12 nitrogen and oxygen atoms in total. The van der Waals surface area contributed by atoms with Crippen LogP contribution in [0.3, 0.4) is 0 Å². The number of benzene rings is 10. The van der Waals surface area contributed by atoms with E-state index in [4.69, 9.17) is 19.4 Å². The van der Waals surface area contributed by atoms with E-state index < -0.39 is 5.41 Å². The van der Waals surface area contributed by atoms with E-state index in [1.54, 1.807) is 6.07 Å². The summed E-state index contributed by atoms with van der Waals surface area (Å²) in [4.78, 5) is 13.3. The van der Waals surface area contributed by atoms with Crippen LogP contribution >= 0.6 is 0 Å². The summed E-state index contributed by atoms with van der Waals surface area (Å²) >= 11 is 0. The molecule has 2 aliphatic heterocycles. The van der Waals surface area contributed by atoms with E-state index >= 15 is 0 Å². The zero-order valence-electron chi connectivity index (χ0n) is 45.7. The van der Waals surface area contributed by atoms with Gasteiger partial charge < -0.3 is 23.2 Å². The highest BCUT2D eigenvalue weighted by atomic mass is 16.5. The summed E-state index contributed by atoms with van der Waals surface area (Å²) in [6.07, 6.45) is 3.86. The van der Waals surface area contributed by atoms with E-state index in [0.29, 0.717) is 68.0 Å². The van der Waals surface area contributed by atoms with Gasteiger partial charge in [0.15, 0.2) is 23.0 Å². The summed E-state index contributed by atoms with van der Waals surface area (Å²) < 4.78 is 21.3. The molecule has 0 N–H and O–H groups in total. The highest BCUT2D eigenvalue weighted by Crippen LogP contribution is 2.66. The average molecular weight is 1110 g/mol. The minimum absolute atomic E-state index is 0.457. The maximum Gasteiger partial charge on any atom is 0.156 e. The van der Waals surface area contributed by atoms with Gasteiger partial charge in [-0.2, -0.15) is 21.0 Å². The Labute approximate surface area is 495 Å². The lowest BCUT2D eigenvalue weighted by molar-refractivity contribution is 0.434. The molecule has 0 bridgehead atoms. The monoisotopic (exact) mass is 1110 g/mol. The molecule has 12 heteroatoms. The van der Waals surface area contributed by atoms with Crippen molar-refractivity contribution in [3.63, 3.8) is 0 Å². The van der Waals surface area contributed by atoms with E-state index in [-0.39, 0.29) is 0 Å². The predicted octanol–water partition coefficient (Wildman–Crippen LogP) is 17.3. The van der Waals surface area contributed by atoms with Crippen LogP contribution in [0.2, 0.25) is 0 Å². The summed E-state index contributed by atoms with van der Waals surface area (Å²) in [5, 5.41) is 46.7. The quantitative estimate of drug-likeness (QED) is 0.167. The van der Waals surface area contributed by atoms with Gasteiger partial charge in [0.25, 0.3) is 0 Å². The van der Waals surface area contributed by atoms with Gasteiger partial charge in [-0.15, -0.1) is 0 Å². The number of aromatic nitrogens is 5. The molecule has 0 atom stereocenters. The fourth-order valence-corrected chi connectivity index (χ4v) is 14.3. The maximum atomic E-state index is 10.3. The van der Waals surface area contributed by atoms with Gasteiger partial charge in [0, 0.05) is 60.6 Å². The lowest BCUT2D eigenvalue weighted by Crippen LogP contribution is -2.33.